The summed E-state index contributed by atoms with van der Waals surface area (Å²) in [6.07, 6.45) is 1.71. The molecule has 0 fully saturated rings. The molecule has 4 aromatic rings. The van der Waals surface area contributed by atoms with Crippen LogP contribution in [0, 0.1) is 13.8 Å². The number of phenolic OH excluding ortho intramolecular Hbond substituents is 1. The van der Waals surface area contributed by atoms with E-state index in [1.54, 1.807) is 35.7 Å². The largest absolute Gasteiger partial charge is 0.508 e. The van der Waals surface area contributed by atoms with Crippen LogP contribution in [-0.2, 0) is 0 Å². The highest BCUT2D eigenvalue weighted by Gasteiger charge is 2.21. The van der Waals surface area contributed by atoms with Gasteiger partial charge in [0.15, 0.2) is 5.65 Å². The monoisotopic (exact) mass is 434 g/mol. The Kier molecular flexibility index (Phi) is 5.54. The number of carbonyl (C=O) groups is 1. The molecule has 6 nitrogen and oxygen atoms in total. The molecule has 3 heterocycles. The highest BCUT2D eigenvalue weighted by atomic mass is 32.1. The van der Waals surface area contributed by atoms with Crippen molar-refractivity contribution in [1.29, 1.82) is 0 Å². The predicted octanol–water partition coefficient (Wildman–Crippen LogP) is 5.55. The number of amides is 1. The van der Waals surface area contributed by atoms with Crippen LogP contribution in [0.2, 0.25) is 0 Å². The van der Waals surface area contributed by atoms with Gasteiger partial charge in [0.05, 0.1) is 28.9 Å². The Morgan fingerprint density at radius 1 is 1.16 bits per heavy atom. The van der Waals surface area contributed by atoms with Crippen molar-refractivity contribution in [3.63, 3.8) is 0 Å². The number of rotatable bonds is 5. The molecule has 31 heavy (non-hydrogen) atoms. The van der Waals surface area contributed by atoms with E-state index in [0.29, 0.717) is 11.2 Å². The molecule has 3 aromatic heterocycles. The topological polar surface area (TPSA) is 80.0 Å². The van der Waals surface area contributed by atoms with E-state index >= 15 is 0 Å². The number of phenols is 1. The van der Waals surface area contributed by atoms with Crippen LogP contribution < -0.4 is 5.32 Å². The highest BCUT2D eigenvalue weighted by Crippen LogP contribution is 2.32. The Morgan fingerprint density at radius 2 is 1.94 bits per heavy atom. The predicted molar refractivity (Wildman–Crippen MR) is 125 cm³/mol. The molecule has 1 amide bonds. The number of nitrogens with zero attached hydrogens (tertiary/aromatic N) is 3. The van der Waals surface area contributed by atoms with Crippen LogP contribution in [0.4, 0.5) is 0 Å². The fourth-order valence-corrected chi connectivity index (χ4v) is 4.69. The Hall–Kier alpha value is -3.19. The molecule has 1 unspecified atom stereocenters. The zero-order chi connectivity index (χ0) is 22.3. The van der Waals surface area contributed by atoms with Gasteiger partial charge in [0.2, 0.25) is 0 Å². The SMILES string of the molecule is Cc1cc(-c2cc(C(=O)NC(C)c3cccc(O)c3)c3cnn(C(C)C)c3n2)c(C)s1. The average molecular weight is 435 g/mol. The smallest absolute Gasteiger partial charge is 0.252 e. The first-order chi connectivity index (χ1) is 14.7. The van der Waals surface area contributed by atoms with Gasteiger partial charge in [0, 0.05) is 21.4 Å². The van der Waals surface area contributed by atoms with Crippen LogP contribution in [0.3, 0.4) is 0 Å². The summed E-state index contributed by atoms with van der Waals surface area (Å²) in [5, 5.41) is 18.0. The van der Waals surface area contributed by atoms with Gasteiger partial charge >= 0.3 is 0 Å². The van der Waals surface area contributed by atoms with Crippen LogP contribution >= 0.6 is 11.3 Å². The summed E-state index contributed by atoms with van der Waals surface area (Å²) in [7, 11) is 0. The normalized spacial score (nSPS) is 12.5. The maximum Gasteiger partial charge on any atom is 0.252 e. The zero-order valence-electron chi connectivity index (χ0n) is 18.3. The van der Waals surface area contributed by atoms with Crippen molar-refractivity contribution < 1.29 is 9.90 Å². The number of thiophene rings is 1. The number of aryl methyl sites for hydroxylation is 2. The van der Waals surface area contributed by atoms with Gasteiger partial charge in [-0.05, 0) is 64.4 Å². The lowest BCUT2D eigenvalue weighted by molar-refractivity contribution is 0.0941. The molecule has 1 aromatic carbocycles. The molecular weight excluding hydrogens is 408 g/mol. The summed E-state index contributed by atoms with van der Waals surface area (Å²) in [5.74, 6) is -0.0221. The second-order valence-electron chi connectivity index (χ2n) is 8.09. The van der Waals surface area contributed by atoms with Crippen LogP contribution in [0.5, 0.6) is 5.75 Å². The van der Waals surface area contributed by atoms with E-state index in [1.807, 2.05) is 37.6 Å². The van der Waals surface area contributed by atoms with Gasteiger partial charge in [-0.15, -0.1) is 11.3 Å². The van der Waals surface area contributed by atoms with E-state index in [4.69, 9.17) is 4.98 Å². The minimum Gasteiger partial charge on any atom is -0.508 e. The Morgan fingerprint density at radius 3 is 2.58 bits per heavy atom. The van der Waals surface area contributed by atoms with Crippen LogP contribution in [-0.4, -0.2) is 25.8 Å². The summed E-state index contributed by atoms with van der Waals surface area (Å²) in [5.41, 5.74) is 3.89. The highest BCUT2D eigenvalue weighted by molar-refractivity contribution is 7.12. The number of hydrogen-bond donors (Lipinski definition) is 2. The Balaban J connectivity index is 1.80. The van der Waals surface area contributed by atoms with E-state index in [1.165, 1.54) is 9.75 Å². The molecule has 2 N–H and O–H groups in total. The van der Waals surface area contributed by atoms with Gasteiger partial charge in [0.1, 0.15) is 5.75 Å². The molecular formula is C24H26N4O2S. The first kappa shape index (κ1) is 21.1. The van der Waals surface area contributed by atoms with E-state index in [9.17, 15) is 9.90 Å². The first-order valence-corrected chi connectivity index (χ1v) is 11.1. The zero-order valence-corrected chi connectivity index (χ0v) is 19.1. The molecule has 0 aliphatic carbocycles. The number of carbonyl (C=O) groups excluding carboxylic acids is 1. The lowest BCUT2D eigenvalue weighted by Gasteiger charge is -2.16. The van der Waals surface area contributed by atoms with Gasteiger partial charge in [-0.25, -0.2) is 9.67 Å². The van der Waals surface area contributed by atoms with Crippen molar-refractivity contribution in [2.24, 2.45) is 0 Å². The molecule has 160 valence electrons. The molecule has 0 bridgehead atoms. The standard InChI is InChI=1S/C24H26N4O2S/c1-13(2)28-23-21(12-25-28)20(11-22(27-23)19-9-14(3)31-16(19)5)24(30)26-15(4)17-7-6-8-18(29)10-17/h6-13,15,29H,1-5H3,(H,26,30). The van der Waals surface area contributed by atoms with E-state index in [0.717, 1.165) is 22.2 Å². The van der Waals surface area contributed by atoms with Gasteiger partial charge in [0.25, 0.3) is 5.91 Å². The van der Waals surface area contributed by atoms with Gasteiger partial charge in [-0.1, -0.05) is 12.1 Å². The fraction of sp³-hybridized carbons (Fsp3) is 0.292. The third kappa shape index (κ3) is 4.05. The Bertz CT molecular complexity index is 1270. The molecule has 0 saturated heterocycles. The van der Waals surface area contributed by atoms with Gasteiger partial charge in [-0.3, -0.25) is 4.79 Å². The second-order valence-corrected chi connectivity index (χ2v) is 9.55. The minimum atomic E-state index is -0.267. The molecule has 4 rings (SSSR count). The van der Waals surface area contributed by atoms with Crippen LogP contribution in [0.15, 0.2) is 42.6 Å². The number of benzene rings is 1. The minimum absolute atomic E-state index is 0.118. The number of fused-ring (bicyclic) bond motifs is 1. The number of aromatic hydroxyl groups is 1. The van der Waals surface area contributed by atoms with Crippen molar-refractivity contribution in [2.45, 2.75) is 46.7 Å². The van der Waals surface area contributed by atoms with Crippen molar-refractivity contribution in [2.75, 3.05) is 0 Å². The van der Waals surface area contributed by atoms with Crippen LogP contribution in [0.1, 0.15) is 58.5 Å². The number of hydrogen-bond acceptors (Lipinski definition) is 5. The first-order valence-electron chi connectivity index (χ1n) is 10.3. The molecule has 0 aliphatic heterocycles. The molecule has 7 heteroatoms. The molecule has 0 spiro atoms. The van der Waals surface area contributed by atoms with Crippen molar-refractivity contribution in [3.05, 3.63) is 63.5 Å². The number of aromatic nitrogens is 3. The Labute approximate surface area is 185 Å². The third-order valence-electron chi connectivity index (χ3n) is 5.34. The van der Waals surface area contributed by atoms with E-state index in [-0.39, 0.29) is 23.7 Å². The lowest BCUT2D eigenvalue weighted by Crippen LogP contribution is -2.27. The summed E-state index contributed by atoms with van der Waals surface area (Å²) in [4.78, 5) is 20.6. The second kappa shape index (κ2) is 8.15. The molecule has 0 saturated carbocycles. The summed E-state index contributed by atoms with van der Waals surface area (Å²) in [6.45, 7) is 10.1. The van der Waals surface area contributed by atoms with Crippen molar-refractivity contribution in [3.8, 4) is 17.0 Å². The van der Waals surface area contributed by atoms with Gasteiger partial charge in [-0.2, -0.15) is 5.10 Å². The van der Waals surface area contributed by atoms with Crippen molar-refractivity contribution in [1.82, 2.24) is 20.1 Å². The fourth-order valence-electron chi connectivity index (χ4n) is 3.76. The lowest BCUT2D eigenvalue weighted by atomic mass is 10.0. The van der Waals surface area contributed by atoms with E-state index in [2.05, 4.69) is 30.3 Å². The number of pyridine rings is 1. The maximum atomic E-state index is 13.3. The molecule has 0 aliphatic rings. The summed E-state index contributed by atoms with van der Waals surface area (Å²) in [6, 6.07) is 10.7. The molecule has 1 atom stereocenters. The van der Waals surface area contributed by atoms with Gasteiger partial charge < -0.3 is 10.4 Å². The maximum absolute atomic E-state index is 13.3. The summed E-state index contributed by atoms with van der Waals surface area (Å²) >= 11 is 1.72. The summed E-state index contributed by atoms with van der Waals surface area (Å²) < 4.78 is 1.85. The molecule has 0 radical (unpaired) electrons. The average Bonchev–Trinajstić information content (AvgIpc) is 3.29. The van der Waals surface area contributed by atoms with Crippen molar-refractivity contribution >= 4 is 28.3 Å². The van der Waals surface area contributed by atoms with E-state index < -0.39 is 0 Å². The van der Waals surface area contributed by atoms with Crippen LogP contribution in [0.25, 0.3) is 22.3 Å². The third-order valence-corrected chi connectivity index (χ3v) is 6.30. The quantitative estimate of drug-likeness (QED) is 0.431. The number of nitrogens with one attached hydrogen (secondary N) is 1.